The van der Waals surface area contributed by atoms with Crippen LogP contribution in [0.3, 0.4) is 0 Å². The lowest BCUT2D eigenvalue weighted by Gasteiger charge is -2.40. The second kappa shape index (κ2) is 6.86. The first kappa shape index (κ1) is 18.7. The summed E-state index contributed by atoms with van der Waals surface area (Å²) in [7, 11) is 0. The van der Waals surface area contributed by atoms with Crippen LogP contribution >= 0.6 is 0 Å². The van der Waals surface area contributed by atoms with Crippen LogP contribution in [0.15, 0.2) is 30.6 Å². The maximum Gasteiger partial charge on any atom is 0.178 e. The Morgan fingerprint density at radius 3 is 2.73 bits per heavy atom. The molecule has 0 aromatic carbocycles. The minimum Gasteiger partial charge on any atom is -0.369 e. The molecule has 9 heteroatoms. The number of anilines is 2. The van der Waals surface area contributed by atoms with Crippen molar-refractivity contribution in [3.63, 3.8) is 0 Å². The highest BCUT2D eigenvalue weighted by Crippen LogP contribution is 2.26. The van der Waals surface area contributed by atoms with E-state index in [1.807, 2.05) is 29.6 Å². The van der Waals surface area contributed by atoms with Gasteiger partial charge in [0.05, 0.1) is 11.7 Å². The Morgan fingerprint density at radius 2 is 1.93 bits per heavy atom. The Hall–Kier alpha value is -3.36. The number of nitrogens with one attached hydrogen (secondary N) is 1. The van der Waals surface area contributed by atoms with Crippen molar-refractivity contribution in [1.82, 2.24) is 34.8 Å². The number of aromatic nitrogens is 7. The van der Waals surface area contributed by atoms with Gasteiger partial charge in [-0.2, -0.15) is 4.52 Å². The van der Waals surface area contributed by atoms with Gasteiger partial charge < -0.3 is 10.2 Å². The fourth-order valence-electron chi connectivity index (χ4n) is 3.77. The van der Waals surface area contributed by atoms with Crippen molar-refractivity contribution in [2.75, 3.05) is 29.9 Å². The predicted octanol–water partition coefficient (Wildman–Crippen LogP) is 2.62. The fourth-order valence-corrected chi connectivity index (χ4v) is 3.77. The van der Waals surface area contributed by atoms with Crippen molar-refractivity contribution < 1.29 is 0 Å². The first-order valence-electron chi connectivity index (χ1n) is 10.2. The molecular formula is C21H25N9. The zero-order valence-electron chi connectivity index (χ0n) is 17.7. The molecule has 4 aromatic rings. The summed E-state index contributed by atoms with van der Waals surface area (Å²) >= 11 is 0. The molecule has 0 bridgehead atoms. The molecule has 0 atom stereocenters. The van der Waals surface area contributed by atoms with Gasteiger partial charge in [-0.1, -0.05) is 20.8 Å². The fraction of sp³-hybridized carbons (Fsp3) is 0.429. The molecule has 1 N–H and O–H groups in total. The van der Waals surface area contributed by atoms with Gasteiger partial charge >= 0.3 is 0 Å². The van der Waals surface area contributed by atoms with Crippen LogP contribution < -0.4 is 10.2 Å². The highest BCUT2D eigenvalue weighted by atomic mass is 15.4. The Kier molecular flexibility index (Phi) is 4.27. The maximum absolute atomic E-state index is 4.80. The molecule has 1 fully saturated rings. The van der Waals surface area contributed by atoms with Crippen molar-refractivity contribution in [3.05, 3.63) is 42.2 Å². The number of aryl methyl sites for hydroxylation is 1. The van der Waals surface area contributed by atoms with Gasteiger partial charge in [0.25, 0.3) is 0 Å². The SMILES string of the molecule is Cc1nc(NCC2CN(c3ccc4nnc(C(C)(C)C)n4n3)C2)c2ccncc2n1. The Labute approximate surface area is 174 Å². The second-order valence-corrected chi connectivity index (χ2v) is 8.90. The number of rotatable bonds is 4. The molecule has 9 nitrogen and oxygen atoms in total. The maximum atomic E-state index is 4.80. The molecule has 4 aromatic heterocycles. The van der Waals surface area contributed by atoms with E-state index in [9.17, 15) is 0 Å². The van der Waals surface area contributed by atoms with E-state index in [1.54, 1.807) is 12.4 Å². The van der Waals surface area contributed by atoms with Gasteiger partial charge in [-0.25, -0.2) is 9.97 Å². The van der Waals surface area contributed by atoms with E-state index in [1.165, 1.54) is 0 Å². The molecule has 0 saturated carbocycles. The minimum absolute atomic E-state index is 0.111. The first-order chi connectivity index (χ1) is 14.4. The number of hydrogen-bond donors (Lipinski definition) is 1. The van der Waals surface area contributed by atoms with E-state index in [0.717, 1.165) is 59.5 Å². The summed E-state index contributed by atoms with van der Waals surface area (Å²) in [4.78, 5) is 15.5. The topological polar surface area (TPSA) is 97.0 Å². The lowest BCUT2D eigenvalue weighted by Crippen LogP contribution is -2.50. The van der Waals surface area contributed by atoms with Crippen LogP contribution in [0.1, 0.15) is 32.4 Å². The molecule has 1 saturated heterocycles. The van der Waals surface area contributed by atoms with Gasteiger partial charge in [0.2, 0.25) is 0 Å². The second-order valence-electron chi connectivity index (χ2n) is 8.90. The van der Waals surface area contributed by atoms with Gasteiger partial charge in [-0.15, -0.1) is 15.3 Å². The van der Waals surface area contributed by atoms with Crippen LogP contribution in [0.5, 0.6) is 0 Å². The van der Waals surface area contributed by atoms with Crippen molar-refractivity contribution in [2.45, 2.75) is 33.1 Å². The number of fused-ring (bicyclic) bond motifs is 2. The molecule has 0 radical (unpaired) electrons. The molecule has 0 unspecified atom stereocenters. The van der Waals surface area contributed by atoms with Gasteiger partial charge in [0.1, 0.15) is 17.5 Å². The predicted molar refractivity (Wildman–Crippen MR) is 116 cm³/mol. The lowest BCUT2D eigenvalue weighted by molar-refractivity contribution is 0.423. The number of pyridine rings is 1. The summed E-state index contributed by atoms with van der Waals surface area (Å²) in [5.41, 5.74) is 1.53. The summed E-state index contributed by atoms with van der Waals surface area (Å²) in [5.74, 6) is 3.97. The highest BCUT2D eigenvalue weighted by molar-refractivity contribution is 5.88. The largest absolute Gasteiger partial charge is 0.369 e. The average Bonchev–Trinajstić information content (AvgIpc) is 3.10. The van der Waals surface area contributed by atoms with Crippen LogP contribution in [0.25, 0.3) is 16.6 Å². The minimum atomic E-state index is -0.111. The molecule has 5 rings (SSSR count). The molecule has 1 aliphatic heterocycles. The van der Waals surface area contributed by atoms with E-state index in [0.29, 0.717) is 5.92 Å². The van der Waals surface area contributed by atoms with Crippen molar-refractivity contribution in [3.8, 4) is 0 Å². The molecular weight excluding hydrogens is 378 g/mol. The van der Waals surface area contributed by atoms with E-state index < -0.39 is 0 Å². The zero-order chi connectivity index (χ0) is 20.9. The van der Waals surface area contributed by atoms with Crippen molar-refractivity contribution in [1.29, 1.82) is 0 Å². The monoisotopic (exact) mass is 403 g/mol. The average molecular weight is 403 g/mol. The van der Waals surface area contributed by atoms with Crippen LogP contribution in [0.2, 0.25) is 0 Å². The Balaban J connectivity index is 1.27. The van der Waals surface area contributed by atoms with E-state index in [2.05, 4.69) is 56.1 Å². The first-order valence-corrected chi connectivity index (χ1v) is 10.2. The van der Waals surface area contributed by atoms with E-state index in [4.69, 9.17) is 5.10 Å². The normalized spacial score (nSPS) is 15.0. The summed E-state index contributed by atoms with van der Waals surface area (Å²) in [6.07, 6.45) is 3.55. The van der Waals surface area contributed by atoms with Crippen LogP contribution in [0.4, 0.5) is 11.6 Å². The third-order valence-corrected chi connectivity index (χ3v) is 5.37. The summed E-state index contributed by atoms with van der Waals surface area (Å²) in [5, 5.41) is 17.9. The highest BCUT2D eigenvalue weighted by Gasteiger charge is 2.29. The Bertz CT molecular complexity index is 1220. The molecule has 0 aliphatic carbocycles. The third kappa shape index (κ3) is 3.30. The Morgan fingerprint density at radius 1 is 1.10 bits per heavy atom. The lowest BCUT2D eigenvalue weighted by atomic mass is 9.96. The summed E-state index contributed by atoms with van der Waals surface area (Å²) < 4.78 is 1.87. The molecule has 5 heterocycles. The van der Waals surface area contributed by atoms with E-state index >= 15 is 0 Å². The quantitative estimate of drug-likeness (QED) is 0.555. The van der Waals surface area contributed by atoms with Crippen molar-refractivity contribution >= 4 is 28.2 Å². The molecule has 30 heavy (non-hydrogen) atoms. The van der Waals surface area contributed by atoms with Crippen LogP contribution in [0, 0.1) is 12.8 Å². The molecule has 0 amide bonds. The number of nitrogens with zero attached hydrogens (tertiary/aromatic N) is 8. The van der Waals surface area contributed by atoms with Gasteiger partial charge in [-0.05, 0) is 25.1 Å². The molecule has 1 aliphatic rings. The van der Waals surface area contributed by atoms with Gasteiger partial charge in [-0.3, -0.25) is 4.98 Å². The zero-order valence-corrected chi connectivity index (χ0v) is 17.7. The van der Waals surface area contributed by atoms with Gasteiger partial charge in [0.15, 0.2) is 11.5 Å². The third-order valence-electron chi connectivity index (χ3n) is 5.37. The summed E-state index contributed by atoms with van der Waals surface area (Å²) in [6.45, 7) is 11.0. The van der Waals surface area contributed by atoms with Crippen LogP contribution in [-0.4, -0.2) is 54.4 Å². The molecule has 0 spiro atoms. The van der Waals surface area contributed by atoms with E-state index in [-0.39, 0.29) is 5.41 Å². The summed E-state index contributed by atoms with van der Waals surface area (Å²) in [6, 6.07) is 5.96. The molecule has 154 valence electrons. The smallest absolute Gasteiger partial charge is 0.178 e. The number of hydrogen-bond acceptors (Lipinski definition) is 8. The van der Waals surface area contributed by atoms with Crippen LogP contribution in [-0.2, 0) is 5.41 Å². The van der Waals surface area contributed by atoms with Crippen molar-refractivity contribution in [2.24, 2.45) is 5.92 Å². The standard InChI is InChI=1S/C21H25N9/c1-13-24-16-10-22-8-7-15(16)19(25-13)23-9-14-11-29(12-14)18-6-5-17-26-27-20(21(2,3)4)30(17)28-18/h5-8,10,14H,9,11-12H2,1-4H3,(H,23,24,25). The van der Waals surface area contributed by atoms with Gasteiger partial charge in [0, 0.05) is 42.6 Å².